The Morgan fingerprint density at radius 3 is 2.76 bits per heavy atom. The second kappa shape index (κ2) is 6.71. The van der Waals surface area contributed by atoms with E-state index >= 15 is 0 Å². The van der Waals surface area contributed by atoms with Crippen LogP contribution < -0.4 is 10.6 Å². The number of hydrogen-bond donors (Lipinski definition) is 2. The van der Waals surface area contributed by atoms with Crippen molar-refractivity contribution < 1.29 is 4.79 Å². The molecule has 2 unspecified atom stereocenters. The number of amides is 1. The van der Waals surface area contributed by atoms with Crippen molar-refractivity contribution in [2.45, 2.75) is 46.2 Å². The Kier molecular flexibility index (Phi) is 5.58. The summed E-state index contributed by atoms with van der Waals surface area (Å²) >= 11 is 1.62. The molecule has 0 aliphatic carbocycles. The molecule has 4 nitrogen and oxygen atoms in total. The van der Waals surface area contributed by atoms with E-state index in [4.69, 9.17) is 0 Å². The molecule has 0 aromatic carbocycles. The zero-order chi connectivity index (χ0) is 12.8. The van der Waals surface area contributed by atoms with E-state index in [2.05, 4.69) is 29.5 Å². The van der Waals surface area contributed by atoms with Crippen molar-refractivity contribution in [3.05, 3.63) is 16.1 Å². The molecule has 1 aromatic rings. The van der Waals surface area contributed by atoms with Crippen molar-refractivity contribution >= 4 is 17.2 Å². The number of hydrogen-bond acceptors (Lipinski definition) is 4. The lowest BCUT2D eigenvalue weighted by Gasteiger charge is -2.14. The predicted molar refractivity (Wildman–Crippen MR) is 71.2 cm³/mol. The van der Waals surface area contributed by atoms with E-state index in [1.54, 1.807) is 11.3 Å². The Morgan fingerprint density at radius 2 is 2.24 bits per heavy atom. The number of nitrogens with zero attached hydrogens (tertiary/aromatic N) is 1. The molecule has 17 heavy (non-hydrogen) atoms. The minimum Gasteiger partial charge on any atom is -0.346 e. The van der Waals surface area contributed by atoms with Crippen LogP contribution in [-0.4, -0.2) is 23.5 Å². The molecule has 1 aromatic heterocycles. The van der Waals surface area contributed by atoms with Crippen molar-refractivity contribution in [1.82, 2.24) is 15.6 Å². The molecule has 2 N–H and O–H groups in total. The first-order chi connectivity index (χ1) is 8.02. The predicted octanol–water partition coefficient (Wildman–Crippen LogP) is 2.02. The van der Waals surface area contributed by atoms with Gasteiger partial charge in [0.1, 0.15) is 5.01 Å². The zero-order valence-electron chi connectivity index (χ0n) is 10.9. The van der Waals surface area contributed by atoms with Crippen molar-refractivity contribution in [2.24, 2.45) is 0 Å². The van der Waals surface area contributed by atoms with Crippen LogP contribution in [0.5, 0.6) is 0 Å². The summed E-state index contributed by atoms with van der Waals surface area (Å²) in [7, 11) is 0. The SMILES string of the molecule is CCC(C)NCC(=O)NC(C)c1ncc(C)s1. The first-order valence-corrected chi connectivity index (χ1v) is 6.79. The van der Waals surface area contributed by atoms with Crippen LogP contribution in [0.15, 0.2) is 6.20 Å². The largest absolute Gasteiger partial charge is 0.346 e. The third-order valence-electron chi connectivity index (χ3n) is 2.61. The van der Waals surface area contributed by atoms with Crippen LogP contribution in [-0.2, 0) is 4.79 Å². The van der Waals surface area contributed by atoms with Crippen molar-refractivity contribution in [2.75, 3.05) is 6.54 Å². The Balaban J connectivity index is 2.36. The van der Waals surface area contributed by atoms with Gasteiger partial charge in [0.15, 0.2) is 0 Å². The van der Waals surface area contributed by atoms with Crippen LogP contribution in [0.2, 0.25) is 0 Å². The Labute approximate surface area is 107 Å². The van der Waals surface area contributed by atoms with E-state index in [1.165, 1.54) is 4.88 Å². The van der Waals surface area contributed by atoms with Crippen LogP contribution in [0, 0.1) is 6.92 Å². The number of aryl methyl sites for hydroxylation is 1. The lowest BCUT2D eigenvalue weighted by Crippen LogP contribution is -2.38. The van der Waals surface area contributed by atoms with E-state index < -0.39 is 0 Å². The Hall–Kier alpha value is -0.940. The number of rotatable bonds is 6. The molecular weight excluding hydrogens is 234 g/mol. The first-order valence-electron chi connectivity index (χ1n) is 5.98. The lowest BCUT2D eigenvalue weighted by molar-refractivity contribution is -0.121. The first kappa shape index (κ1) is 14.1. The highest BCUT2D eigenvalue weighted by molar-refractivity contribution is 7.11. The molecule has 1 rings (SSSR count). The Morgan fingerprint density at radius 1 is 1.53 bits per heavy atom. The topological polar surface area (TPSA) is 54.0 Å². The smallest absolute Gasteiger partial charge is 0.234 e. The summed E-state index contributed by atoms with van der Waals surface area (Å²) < 4.78 is 0. The molecule has 0 spiro atoms. The molecule has 0 aliphatic rings. The van der Waals surface area contributed by atoms with E-state index in [0.717, 1.165) is 11.4 Å². The standard InChI is InChI=1S/C12H21N3OS/c1-5-8(2)13-7-11(16)15-10(4)12-14-6-9(3)17-12/h6,8,10,13H,5,7H2,1-4H3,(H,15,16). The maximum atomic E-state index is 11.7. The number of aromatic nitrogens is 1. The molecule has 2 atom stereocenters. The fraction of sp³-hybridized carbons (Fsp3) is 0.667. The number of nitrogens with one attached hydrogen (secondary N) is 2. The van der Waals surface area contributed by atoms with Crippen LogP contribution in [0.4, 0.5) is 0 Å². The molecule has 0 fully saturated rings. The highest BCUT2D eigenvalue weighted by Gasteiger charge is 2.12. The molecule has 1 heterocycles. The van der Waals surface area contributed by atoms with E-state index in [0.29, 0.717) is 12.6 Å². The number of carbonyl (C=O) groups excluding carboxylic acids is 1. The van der Waals surface area contributed by atoms with Crippen molar-refractivity contribution in [3.63, 3.8) is 0 Å². The van der Waals surface area contributed by atoms with Gasteiger partial charge < -0.3 is 10.6 Å². The van der Waals surface area contributed by atoms with Gasteiger partial charge in [-0.15, -0.1) is 11.3 Å². The van der Waals surface area contributed by atoms with Gasteiger partial charge in [0.2, 0.25) is 5.91 Å². The normalized spacial score (nSPS) is 14.4. The minimum atomic E-state index is -0.0140. The zero-order valence-corrected chi connectivity index (χ0v) is 11.7. The molecule has 0 saturated carbocycles. The highest BCUT2D eigenvalue weighted by Crippen LogP contribution is 2.18. The van der Waals surface area contributed by atoms with Crippen molar-refractivity contribution in [3.8, 4) is 0 Å². The molecule has 0 radical (unpaired) electrons. The molecule has 1 amide bonds. The summed E-state index contributed by atoms with van der Waals surface area (Å²) in [5.41, 5.74) is 0. The third kappa shape index (κ3) is 4.83. The summed E-state index contributed by atoms with van der Waals surface area (Å²) in [6.45, 7) is 8.50. The van der Waals surface area contributed by atoms with E-state index in [9.17, 15) is 4.79 Å². The summed E-state index contributed by atoms with van der Waals surface area (Å²) in [6.07, 6.45) is 2.86. The number of thiazole rings is 1. The summed E-state index contributed by atoms with van der Waals surface area (Å²) in [4.78, 5) is 17.1. The second-order valence-corrected chi connectivity index (χ2v) is 5.55. The van der Waals surface area contributed by atoms with Crippen LogP contribution in [0.1, 0.15) is 43.1 Å². The Bertz CT molecular complexity index is 364. The van der Waals surface area contributed by atoms with Gasteiger partial charge in [-0.2, -0.15) is 0 Å². The van der Waals surface area contributed by atoms with Crippen LogP contribution in [0.3, 0.4) is 0 Å². The average molecular weight is 255 g/mol. The molecule has 5 heteroatoms. The summed E-state index contributed by atoms with van der Waals surface area (Å²) in [5.74, 6) is 0.0191. The summed E-state index contributed by atoms with van der Waals surface area (Å²) in [5, 5.41) is 7.06. The van der Waals surface area contributed by atoms with Gasteiger partial charge in [0.25, 0.3) is 0 Å². The maximum absolute atomic E-state index is 11.7. The van der Waals surface area contributed by atoms with Gasteiger partial charge in [0.05, 0.1) is 12.6 Å². The number of carbonyl (C=O) groups is 1. The minimum absolute atomic E-state index is 0.0140. The molecule has 96 valence electrons. The van der Waals surface area contributed by atoms with Crippen molar-refractivity contribution in [1.29, 1.82) is 0 Å². The third-order valence-corrected chi connectivity index (χ3v) is 3.71. The molecular formula is C12H21N3OS. The van der Waals surface area contributed by atoms with Gasteiger partial charge in [-0.1, -0.05) is 6.92 Å². The van der Waals surface area contributed by atoms with Gasteiger partial charge in [0, 0.05) is 17.1 Å². The van der Waals surface area contributed by atoms with Gasteiger partial charge in [-0.25, -0.2) is 4.98 Å². The molecule has 0 aliphatic heterocycles. The quantitative estimate of drug-likeness (QED) is 0.817. The fourth-order valence-corrected chi connectivity index (χ4v) is 2.11. The molecule has 0 bridgehead atoms. The van der Waals surface area contributed by atoms with Gasteiger partial charge >= 0.3 is 0 Å². The average Bonchev–Trinajstić information content (AvgIpc) is 2.72. The fourth-order valence-electron chi connectivity index (χ4n) is 1.34. The van der Waals surface area contributed by atoms with E-state index in [1.807, 2.05) is 20.0 Å². The summed E-state index contributed by atoms with van der Waals surface area (Å²) in [6, 6.07) is 0.359. The molecule has 0 saturated heterocycles. The van der Waals surface area contributed by atoms with Crippen LogP contribution >= 0.6 is 11.3 Å². The van der Waals surface area contributed by atoms with Gasteiger partial charge in [-0.3, -0.25) is 4.79 Å². The lowest BCUT2D eigenvalue weighted by atomic mass is 10.2. The highest BCUT2D eigenvalue weighted by atomic mass is 32.1. The monoisotopic (exact) mass is 255 g/mol. The second-order valence-electron chi connectivity index (χ2n) is 4.29. The maximum Gasteiger partial charge on any atom is 0.234 e. The van der Waals surface area contributed by atoms with E-state index in [-0.39, 0.29) is 11.9 Å². The van der Waals surface area contributed by atoms with Crippen LogP contribution in [0.25, 0.3) is 0 Å². The van der Waals surface area contributed by atoms with Gasteiger partial charge in [-0.05, 0) is 27.2 Å².